The number of carbonyl (C=O) groups is 3. The molecular weight excluding hydrogens is 404 g/mol. The van der Waals surface area contributed by atoms with Gasteiger partial charge in [-0.2, -0.15) is 0 Å². The molecule has 0 radical (unpaired) electrons. The van der Waals surface area contributed by atoms with Crippen LogP contribution in [0.25, 0.3) is 0 Å². The first-order chi connectivity index (χ1) is 15.5. The van der Waals surface area contributed by atoms with E-state index < -0.39 is 0 Å². The molecule has 6 rings (SSSR count). The summed E-state index contributed by atoms with van der Waals surface area (Å²) in [6.45, 7) is 2.18. The van der Waals surface area contributed by atoms with Gasteiger partial charge in [0.15, 0.2) is 0 Å². The number of nitrogens with one attached hydrogen (secondary N) is 1. The van der Waals surface area contributed by atoms with Crippen molar-refractivity contribution in [3.8, 4) is 0 Å². The Bertz CT molecular complexity index is 837. The standard InChI is InChI=1S/C26H34N2O4/c29-23(32-17-18-3-5-22(6-4-18)24(30)28-9-1-2-10-28)7-8-27-25(31)26-14-19-11-20(15-26)13-21(12-19)16-26/h3-6,19-21H,1-2,7-17H2,(H,27,31). The summed E-state index contributed by atoms with van der Waals surface area (Å²) in [5, 5.41) is 3.03. The zero-order valence-corrected chi connectivity index (χ0v) is 18.8. The molecule has 0 spiro atoms. The predicted molar refractivity (Wildman–Crippen MR) is 120 cm³/mol. The lowest BCUT2D eigenvalue weighted by Gasteiger charge is -2.55. The Hall–Kier alpha value is -2.37. The zero-order chi connectivity index (χ0) is 22.1. The maximum absolute atomic E-state index is 12.9. The molecular formula is C26H34N2O4. The van der Waals surface area contributed by atoms with E-state index in [-0.39, 0.29) is 36.2 Å². The molecule has 6 nitrogen and oxygen atoms in total. The monoisotopic (exact) mass is 438 g/mol. The molecule has 4 aliphatic carbocycles. The molecule has 1 aliphatic heterocycles. The number of rotatable bonds is 7. The SMILES string of the molecule is O=C(CCNC(=O)C12CC3CC(CC(C3)C1)C2)OCc1ccc(C(=O)N2CCCC2)cc1. The number of nitrogens with zero attached hydrogens (tertiary/aromatic N) is 1. The second-order valence-corrected chi connectivity index (χ2v) is 10.6. The number of hydrogen-bond donors (Lipinski definition) is 1. The van der Waals surface area contributed by atoms with Crippen LogP contribution in [0.5, 0.6) is 0 Å². The first-order valence-corrected chi connectivity index (χ1v) is 12.3. The predicted octanol–water partition coefficient (Wildman–Crippen LogP) is 3.69. The normalized spacial score (nSPS) is 30.4. The first-order valence-electron chi connectivity index (χ1n) is 12.3. The average Bonchev–Trinajstić information content (AvgIpc) is 3.31. The van der Waals surface area contributed by atoms with E-state index >= 15 is 0 Å². The van der Waals surface area contributed by atoms with Crippen LogP contribution in [0.15, 0.2) is 24.3 Å². The number of carbonyl (C=O) groups excluding carboxylic acids is 3. The molecule has 0 unspecified atom stereocenters. The van der Waals surface area contributed by atoms with Gasteiger partial charge in [-0.05, 0) is 86.8 Å². The first kappa shape index (κ1) is 21.5. The molecule has 1 aromatic carbocycles. The molecule has 1 saturated heterocycles. The largest absolute Gasteiger partial charge is 0.461 e. The summed E-state index contributed by atoms with van der Waals surface area (Å²) < 4.78 is 5.37. The highest BCUT2D eigenvalue weighted by Gasteiger charge is 2.54. The summed E-state index contributed by atoms with van der Waals surface area (Å²) in [4.78, 5) is 39.4. The molecule has 5 aliphatic rings. The minimum atomic E-state index is -0.312. The topological polar surface area (TPSA) is 75.7 Å². The Kier molecular flexibility index (Phi) is 5.95. The lowest BCUT2D eigenvalue weighted by atomic mass is 9.49. The number of benzene rings is 1. The Morgan fingerprint density at radius 2 is 1.53 bits per heavy atom. The van der Waals surface area contributed by atoms with Crippen LogP contribution in [0.2, 0.25) is 0 Å². The summed E-state index contributed by atoms with van der Waals surface area (Å²) in [5.41, 5.74) is 1.36. The maximum atomic E-state index is 12.9. The van der Waals surface area contributed by atoms with E-state index in [0.29, 0.717) is 12.1 Å². The summed E-state index contributed by atoms with van der Waals surface area (Å²) in [7, 11) is 0. The molecule has 2 amide bonds. The molecule has 172 valence electrons. The highest BCUT2D eigenvalue weighted by molar-refractivity contribution is 5.94. The smallest absolute Gasteiger partial charge is 0.307 e. The van der Waals surface area contributed by atoms with Crippen molar-refractivity contribution in [2.75, 3.05) is 19.6 Å². The summed E-state index contributed by atoms with van der Waals surface area (Å²) in [6, 6.07) is 7.28. The van der Waals surface area contributed by atoms with Gasteiger partial charge in [-0.15, -0.1) is 0 Å². The quantitative estimate of drug-likeness (QED) is 0.659. The van der Waals surface area contributed by atoms with Crippen LogP contribution >= 0.6 is 0 Å². The minimum absolute atomic E-state index is 0.0702. The van der Waals surface area contributed by atoms with Crippen molar-refractivity contribution in [3.63, 3.8) is 0 Å². The van der Waals surface area contributed by atoms with Crippen LogP contribution in [0.3, 0.4) is 0 Å². The van der Waals surface area contributed by atoms with E-state index in [9.17, 15) is 14.4 Å². The lowest BCUT2D eigenvalue weighted by molar-refractivity contribution is -0.147. The molecule has 32 heavy (non-hydrogen) atoms. The van der Waals surface area contributed by atoms with Gasteiger partial charge in [0.1, 0.15) is 6.61 Å². The van der Waals surface area contributed by atoms with Crippen LogP contribution in [-0.4, -0.2) is 42.3 Å². The summed E-state index contributed by atoms with van der Waals surface area (Å²) in [5.74, 6) is 2.11. The molecule has 5 fully saturated rings. The molecule has 4 bridgehead atoms. The second kappa shape index (κ2) is 8.87. The van der Waals surface area contributed by atoms with Gasteiger partial charge in [0.25, 0.3) is 5.91 Å². The van der Waals surface area contributed by atoms with Crippen molar-refractivity contribution >= 4 is 17.8 Å². The zero-order valence-electron chi connectivity index (χ0n) is 18.8. The number of esters is 1. The molecule has 1 aromatic rings. The van der Waals surface area contributed by atoms with Crippen molar-refractivity contribution in [1.29, 1.82) is 0 Å². The maximum Gasteiger partial charge on any atom is 0.307 e. The van der Waals surface area contributed by atoms with Gasteiger partial charge in [-0.3, -0.25) is 14.4 Å². The van der Waals surface area contributed by atoms with Gasteiger partial charge in [-0.25, -0.2) is 0 Å². The van der Waals surface area contributed by atoms with Gasteiger partial charge in [0, 0.05) is 30.6 Å². The van der Waals surface area contributed by atoms with Crippen LogP contribution in [0.4, 0.5) is 0 Å². The number of hydrogen-bond acceptors (Lipinski definition) is 4. The summed E-state index contributed by atoms with van der Waals surface area (Å²) >= 11 is 0. The average molecular weight is 439 g/mol. The van der Waals surface area contributed by atoms with E-state index in [0.717, 1.165) is 68.5 Å². The van der Waals surface area contributed by atoms with Gasteiger partial charge < -0.3 is 15.0 Å². The van der Waals surface area contributed by atoms with E-state index in [1.807, 2.05) is 17.0 Å². The van der Waals surface area contributed by atoms with Crippen LogP contribution in [0.1, 0.15) is 73.7 Å². The second-order valence-electron chi connectivity index (χ2n) is 10.6. The summed E-state index contributed by atoms with van der Waals surface area (Å²) in [6.07, 6.45) is 9.36. The number of ether oxygens (including phenoxy) is 1. The highest BCUT2D eigenvalue weighted by atomic mass is 16.5. The van der Waals surface area contributed by atoms with Gasteiger partial charge in [-0.1, -0.05) is 12.1 Å². The Balaban J connectivity index is 1.04. The fourth-order valence-electron chi connectivity index (χ4n) is 6.94. The molecule has 1 heterocycles. The van der Waals surface area contributed by atoms with Crippen LogP contribution in [0, 0.1) is 23.2 Å². The van der Waals surface area contributed by atoms with E-state index in [4.69, 9.17) is 4.74 Å². The van der Waals surface area contributed by atoms with Gasteiger partial charge >= 0.3 is 5.97 Å². The van der Waals surface area contributed by atoms with Crippen LogP contribution in [-0.2, 0) is 20.9 Å². The van der Waals surface area contributed by atoms with Crippen molar-refractivity contribution in [2.45, 2.75) is 64.4 Å². The fourth-order valence-corrected chi connectivity index (χ4v) is 6.94. The van der Waals surface area contributed by atoms with E-state index in [2.05, 4.69) is 5.32 Å². The van der Waals surface area contributed by atoms with Crippen LogP contribution < -0.4 is 5.32 Å². The lowest BCUT2D eigenvalue weighted by Crippen LogP contribution is -2.53. The van der Waals surface area contributed by atoms with E-state index in [1.54, 1.807) is 12.1 Å². The molecule has 1 N–H and O–H groups in total. The third kappa shape index (κ3) is 4.41. The van der Waals surface area contributed by atoms with Crippen molar-refractivity contribution < 1.29 is 19.1 Å². The van der Waals surface area contributed by atoms with Gasteiger partial charge in [0.05, 0.1) is 6.42 Å². The van der Waals surface area contributed by atoms with Crippen molar-refractivity contribution in [1.82, 2.24) is 10.2 Å². The Labute approximate surface area is 190 Å². The van der Waals surface area contributed by atoms with E-state index in [1.165, 1.54) is 19.3 Å². The van der Waals surface area contributed by atoms with Gasteiger partial charge in [0.2, 0.25) is 5.91 Å². The molecule has 0 aromatic heterocycles. The highest BCUT2D eigenvalue weighted by Crippen LogP contribution is 2.60. The third-order valence-electron chi connectivity index (χ3n) is 8.13. The minimum Gasteiger partial charge on any atom is -0.461 e. The number of amides is 2. The van der Waals surface area contributed by atoms with Crippen molar-refractivity contribution in [2.24, 2.45) is 23.2 Å². The Morgan fingerprint density at radius 1 is 0.938 bits per heavy atom. The van der Waals surface area contributed by atoms with Crippen molar-refractivity contribution in [3.05, 3.63) is 35.4 Å². The molecule has 4 saturated carbocycles. The fraction of sp³-hybridized carbons (Fsp3) is 0.654. The Morgan fingerprint density at radius 3 is 2.12 bits per heavy atom. The molecule has 0 atom stereocenters. The number of likely N-dealkylation sites (tertiary alicyclic amines) is 1. The third-order valence-corrected chi connectivity index (χ3v) is 8.13. The molecule has 6 heteroatoms.